The van der Waals surface area contributed by atoms with Gasteiger partial charge < -0.3 is 4.90 Å². The van der Waals surface area contributed by atoms with E-state index in [1.54, 1.807) is 4.90 Å². The molecule has 114 valence electrons. The van der Waals surface area contributed by atoms with Crippen molar-refractivity contribution in [1.82, 2.24) is 4.90 Å². The van der Waals surface area contributed by atoms with Gasteiger partial charge in [-0.15, -0.1) is 0 Å². The third kappa shape index (κ3) is 4.17. The Bertz CT molecular complexity index is 551. The Morgan fingerprint density at radius 1 is 1.48 bits per heavy atom. The molecule has 0 aliphatic carbocycles. The number of nitrogens with zero attached hydrogens (tertiary/aromatic N) is 2. The van der Waals surface area contributed by atoms with Crippen molar-refractivity contribution in [2.45, 2.75) is 19.3 Å². The van der Waals surface area contributed by atoms with Crippen LogP contribution in [0.25, 0.3) is 0 Å². The van der Waals surface area contributed by atoms with Gasteiger partial charge in [-0.2, -0.15) is 0 Å². The highest BCUT2D eigenvalue weighted by atomic mass is 79.9. The van der Waals surface area contributed by atoms with Crippen molar-refractivity contribution >= 4 is 39.1 Å². The van der Waals surface area contributed by atoms with Crippen LogP contribution >= 0.6 is 27.5 Å². The Kier molecular flexibility index (Phi) is 5.58. The molecule has 1 aromatic rings. The molecule has 1 aliphatic rings. The zero-order valence-electron chi connectivity index (χ0n) is 11.4. The molecule has 0 saturated carbocycles. The SMILES string of the molecule is O=C(c1cc(Cl)cc([N+](=O)[O-])c1)N1CCCC(CCBr)C1. The lowest BCUT2D eigenvalue weighted by Crippen LogP contribution is -2.40. The average Bonchev–Trinajstić information content (AvgIpc) is 2.46. The van der Waals surface area contributed by atoms with Crippen LogP contribution in [0.4, 0.5) is 5.69 Å². The highest BCUT2D eigenvalue weighted by molar-refractivity contribution is 9.09. The van der Waals surface area contributed by atoms with E-state index in [0.717, 1.165) is 24.6 Å². The maximum atomic E-state index is 12.5. The molecule has 7 heteroatoms. The molecule has 1 amide bonds. The largest absolute Gasteiger partial charge is 0.338 e. The molecule has 1 saturated heterocycles. The summed E-state index contributed by atoms with van der Waals surface area (Å²) in [5.74, 6) is 0.302. The number of carbonyl (C=O) groups excluding carboxylic acids is 1. The Hall–Kier alpha value is -1.14. The first-order valence-electron chi connectivity index (χ1n) is 6.81. The number of piperidine rings is 1. The topological polar surface area (TPSA) is 63.4 Å². The van der Waals surface area contributed by atoms with Crippen LogP contribution in [-0.4, -0.2) is 34.2 Å². The molecule has 1 fully saturated rings. The predicted octanol–water partition coefficient (Wildman–Crippen LogP) is 3.89. The molecule has 0 bridgehead atoms. The molecule has 1 unspecified atom stereocenters. The number of benzene rings is 1. The lowest BCUT2D eigenvalue weighted by Gasteiger charge is -2.32. The number of halogens is 2. The second-order valence-electron chi connectivity index (χ2n) is 5.19. The van der Waals surface area contributed by atoms with E-state index in [2.05, 4.69) is 15.9 Å². The molecular formula is C14H16BrClN2O3. The van der Waals surface area contributed by atoms with E-state index in [0.29, 0.717) is 19.0 Å². The summed E-state index contributed by atoms with van der Waals surface area (Å²) in [6, 6.07) is 4.04. The van der Waals surface area contributed by atoms with Crippen LogP contribution in [0, 0.1) is 16.0 Å². The molecule has 21 heavy (non-hydrogen) atoms. The third-order valence-electron chi connectivity index (χ3n) is 3.66. The molecule has 1 heterocycles. The molecule has 5 nitrogen and oxygen atoms in total. The molecule has 1 aromatic carbocycles. The number of non-ortho nitro benzene ring substituents is 1. The summed E-state index contributed by atoms with van der Waals surface area (Å²) in [5.41, 5.74) is 0.133. The quantitative estimate of drug-likeness (QED) is 0.456. The van der Waals surface area contributed by atoms with E-state index in [1.165, 1.54) is 18.2 Å². The monoisotopic (exact) mass is 374 g/mol. The standard InChI is InChI=1S/C14H16BrClN2O3/c15-4-3-10-2-1-5-17(9-10)14(19)11-6-12(16)8-13(7-11)18(20)21/h6-8,10H,1-5,9H2. The predicted molar refractivity (Wildman–Crippen MR) is 85.1 cm³/mol. The van der Waals surface area contributed by atoms with Crippen LogP contribution in [0.15, 0.2) is 18.2 Å². The van der Waals surface area contributed by atoms with Crippen LogP contribution in [0.2, 0.25) is 5.02 Å². The van der Waals surface area contributed by atoms with Crippen molar-refractivity contribution in [2.75, 3.05) is 18.4 Å². The van der Waals surface area contributed by atoms with E-state index < -0.39 is 4.92 Å². The Balaban J connectivity index is 2.17. The summed E-state index contributed by atoms with van der Waals surface area (Å²) in [6.07, 6.45) is 3.11. The van der Waals surface area contributed by atoms with Crippen LogP contribution in [-0.2, 0) is 0 Å². The van der Waals surface area contributed by atoms with Crippen molar-refractivity contribution in [3.63, 3.8) is 0 Å². The lowest BCUT2D eigenvalue weighted by molar-refractivity contribution is -0.384. The fourth-order valence-corrected chi connectivity index (χ4v) is 3.50. The summed E-state index contributed by atoms with van der Waals surface area (Å²) < 4.78 is 0. The van der Waals surface area contributed by atoms with Crippen LogP contribution in [0.1, 0.15) is 29.6 Å². The number of nitro benzene ring substituents is 1. The number of nitro groups is 1. The Morgan fingerprint density at radius 3 is 2.90 bits per heavy atom. The minimum Gasteiger partial charge on any atom is -0.338 e. The maximum absolute atomic E-state index is 12.5. The van der Waals surface area contributed by atoms with E-state index in [9.17, 15) is 14.9 Å². The first-order chi connectivity index (χ1) is 10.0. The maximum Gasteiger partial charge on any atom is 0.271 e. The zero-order chi connectivity index (χ0) is 15.4. The van der Waals surface area contributed by atoms with Crippen molar-refractivity contribution in [2.24, 2.45) is 5.92 Å². The highest BCUT2D eigenvalue weighted by Gasteiger charge is 2.25. The highest BCUT2D eigenvalue weighted by Crippen LogP contribution is 2.25. The normalized spacial score (nSPS) is 18.6. The van der Waals surface area contributed by atoms with Crippen LogP contribution < -0.4 is 0 Å². The summed E-state index contributed by atoms with van der Waals surface area (Å²) in [4.78, 5) is 24.6. The summed E-state index contributed by atoms with van der Waals surface area (Å²) in [6.45, 7) is 1.39. The fourth-order valence-electron chi connectivity index (χ4n) is 2.63. The summed E-state index contributed by atoms with van der Waals surface area (Å²) >= 11 is 9.30. The first-order valence-corrected chi connectivity index (χ1v) is 8.31. The van der Waals surface area contributed by atoms with Gasteiger partial charge in [0.25, 0.3) is 11.6 Å². The number of carbonyl (C=O) groups is 1. The molecule has 0 N–H and O–H groups in total. The Labute approximate surface area is 136 Å². The number of hydrogen-bond donors (Lipinski definition) is 0. The number of alkyl halides is 1. The molecular weight excluding hydrogens is 360 g/mol. The van der Waals surface area contributed by atoms with Gasteiger partial charge in [0.2, 0.25) is 0 Å². The van der Waals surface area contributed by atoms with Gasteiger partial charge in [-0.1, -0.05) is 27.5 Å². The van der Waals surface area contributed by atoms with Gasteiger partial charge in [0, 0.05) is 41.1 Å². The van der Waals surface area contributed by atoms with Crippen molar-refractivity contribution in [3.05, 3.63) is 38.9 Å². The molecule has 2 rings (SSSR count). The molecule has 1 atom stereocenters. The summed E-state index contributed by atoms with van der Waals surface area (Å²) in [5, 5.41) is 12.0. The van der Waals surface area contributed by atoms with Gasteiger partial charge in [-0.25, -0.2) is 0 Å². The van der Waals surface area contributed by atoms with Crippen LogP contribution in [0.3, 0.4) is 0 Å². The van der Waals surface area contributed by atoms with E-state index in [1.807, 2.05) is 0 Å². The lowest BCUT2D eigenvalue weighted by atomic mass is 9.95. The molecule has 0 radical (unpaired) electrons. The van der Waals surface area contributed by atoms with Gasteiger partial charge in [0.1, 0.15) is 0 Å². The van der Waals surface area contributed by atoms with Crippen LogP contribution in [0.5, 0.6) is 0 Å². The zero-order valence-corrected chi connectivity index (χ0v) is 13.8. The molecule has 0 spiro atoms. The molecule has 1 aliphatic heterocycles. The minimum absolute atomic E-state index is 0.153. The van der Waals surface area contributed by atoms with E-state index in [4.69, 9.17) is 11.6 Å². The number of amides is 1. The van der Waals surface area contributed by atoms with Gasteiger partial charge >= 0.3 is 0 Å². The Morgan fingerprint density at radius 2 is 2.24 bits per heavy atom. The number of hydrogen-bond acceptors (Lipinski definition) is 3. The number of likely N-dealkylation sites (tertiary alicyclic amines) is 1. The third-order valence-corrected chi connectivity index (χ3v) is 4.34. The second kappa shape index (κ2) is 7.22. The first kappa shape index (κ1) is 16.2. The van der Waals surface area contributed by atoms with E-state index in [-0.39, 0.29) is 22.2 Å². The van der Waals surface area contributed by atoms with Gasteiger partial charge in [-0.05, 0) is 31.2 Å². The minimum atomic E-state index is -0.535. The number of rotatable bonds is 4. The molecule has 0 aromatic heterocycles. The van der Waals surface area contributed by atoms with Gasteiger partial charge in [0.05, 0.1) is 4.92 Å². The average molecular weight is 376 g/mol. The van der Waals surface area contributed by atoms with Crippen molar-refractivity contribution in [1.29, 1.82) is 0 Å². The van der Waals surface area contributed by atoms with Gasteiger partial charge in [-0.3, -0.25) is 14.9 Å². The van der Waals surface area contributed by atoms with Crippen molar-refractivity contribution < 1.29 is 9.72 Å². The smallest absolute Gasteiger partial charge is 0.271 e. The van der Waals surface area contributed by atoms with Gasteiger partial charge in [0.15, 0.2) is 0 Å². The summed E-state index contributed by atoms with van der Waals surface area (Å²) in [7, 11) is 0. The van der Waals surface area contributed by atoms with E-state index >= 15 is 0 Å². The fraction of sp³-hybridized carbons (Fsp3) is 0.500. The second-order valence-corrected chi connectivity index (χ2v) is 6.42. The van der Waals surface area contributed by atoms with Crippen molar-refractivity contribution in [3.8, 4) is 0 Å².